The molecule has 1 aromatic carbocycles. The standard InChI is InChI=1S/C14H22N2O/c1-3-9-17-14-10-12(7-8-13(14)15)16(2)11-5-4-6-11/h7-8,10-11H,3-6,9,15H2,1-2H3. The van der Waals surface area contributed by atoms with Gasteiger partial charge in [0, 0.05) is 24.8 Å². The maximum atomic E-state index is 5.91. The highest BCUT2D eigenvalue weighted by Gasteiger charge is 2.22. The summed E-state index contributed by atoms with van der Waals surface area (Å²) in [6.45, 7) is 2.82. The van der Waals surface area contributed by atoms with E-state index in [4.69, 9.17) is 10.5 Å². The van der Waals surface area contributed by atoms with Crippen molar-refractivity contribution in [2.45, 2.75) is 38.6 Å². The smallest absolute Gasteiger partial charge is 0.144 e. The number of nitrogens with two attached hydrogens (primary N) is 1. The number of hydrogen-bond acceptors (Lipinski definition) is 3. The molecule has 0 bridgehead atoms. The number of nitrogen functional groups attached to an aromatic ring is 1. The van der Waals surface area contributed by atoms with Crippen LogP contribution >= 0.6 is 0 Å². The SMILES string of the molecule is CCCOc1cc(N(C)C2CCC2)ccc1N. The van der Waals surface area contributed by atoms with Crippen molar-refractivity contribution in [3.05, 3.63) is 18.2 Å². The number of hydrogen-bond donors (Lipinski definition) is 1. The van der Waals surface area contributed by atoms with Gasteiger partial charge in [-0.05, 0) is 37.8 Å². The van der Waals surface area contributed by atoms with Crippen molar-refractivity contribution in [3.8, 4) is 5.75 Å². The van der Waals surface area contributed by atoms with Gasteiger partial charge in [0.15, 0.2) is 0 Å². The second-order valence-corrected chi connectivity index (χ2v) is 4.77. The Morgan fingerprint density at radius 1 is 1.41 bits per heavy atom. The molecule has 94 valence electrons. The summed E-state index contributed by atoms with van der Waals surface area (Å²) in [6, 6.07) is 6.77. The molecule has 1 fully saturated rings. The van der Waals surface area contributed by atoms with Crippen molar-refractivity contribution >= 4 is 11.4 Å². The second-order valence-electron chi connectivity index (χ2n) is 4.77. The van der Waals surface area contributed by atoms with Crippen LogP contribution in [0.25, 0.3) is 0 Å². The van der Waals surface area contributed by atoms with Crippen LogP contribution in [-0.2, 0) is 0 Å². The van der Waals surface area contributed by atoms with E-state index in [1.807, 2.05) is 6.07 Å². The highest BCUT2D eigenvalue weighted by molar-refractivity contribution is 5.62. The van der Waals surface area contributed by atoms with Gasteiger partial charge in [0.2, 0.25) is 0 Å². The van der Waals surface area contributed by atoms with Gasteiger partial charge in [0.05, 0.1) is 12.3 Å². The van der Waals surface area contributed by atoms with E-state index in [2.05, 4.69) is 31.0 Å². The third-order valence-electron chi connectivity index (χ3n) is 3.49. The molecule has 3 nitrogen and oxygen atoms in total. The van der Waals surface area contributed by atoms with Crippen LogP contribution in [0.4, 0.5) is 11.4 Å². The van der Waals surface area contributed by atoms with E-state index in [0.29, 0.717) is 6.04 Å². The average Bonchev–Trinajstić information content (AvgIpc) is 2.25. The molecule has 0 heterocycles. The molecule has 0 amide bonds. The zero-order chi connectivity index (χ0) is 12.3. The van der Waals surface area contributed by atoms with Gasteiger partial charge in [0.25, 0.3) is 0 Å². The normalized spacial score (nSPS) is 15.4. The molecule has 0 atom stereocenters. The first-order valence-corrected chi connectivity index (χ1v) is 6.47. The molecule has 1 aliphatic rings. The minimum atomic E-state index is 0.692. The zero-order valence-corrected chi connectivity index (χ0v) is 10.8. The van der Waals surface area contributed by atoms with Gasteiger partial charge in [-0.15, -0.1) is 0 Å². The van der Waals surface area contributed by atoms with Crippen LogP contribution in [0.3, 0.4) is 0 Å². The molecule has 3 heteroatoms. The first kappa shape index (κ1) is 12.1. The molecule has 0 unspecified atom stereocenters. The van der Waals surface area contributed by atoms with E-state index < -0.39 is 0 Å². The Morgan fingerprint density at radius 3 is 2.76 bits per heavy atom. The van der Waals surface area contributed by atoms with Crippen molar-refractivity contribution in [1.82, 2.24) is 0 Å². The summed E-state index contributed by atoms with van der Waals surface area (Å²) < 4.78 is 5.66. The largest absolute Gasteiger partial charge is 0.491 e. The Labute approximate surface area is 104 Å². The van der Waals surface area contributed by atoms with Crippen molar-refractivity contribution in [2.75, 3.05) is 24.3 Å². The lowest BCUT2D eigenvalue weighted by molar-refractivity contribution is 0.319. The summed E-state index contributed by atoms with van der Waals surface area (Å²) in [5, 5.41) is 0. The zero-order valence-electron chi connectivity index (χ0n) is 10.8. The Morgan fingerprint density at radius 2 is 2.18 bits per heavy atom. The van der Waals surface area contributed by atoms with Gasteiger partial charge in [-0.2, -0.15) is 0 Å². The third kappa shape index (κ3) is 2.65. The lowest BCUT2D eigenvalue weighted by Crippen LogP contribution is -2.37. The average molecular weight is 234 g/mol. The number of rotatable bonds is 5. The van der Waals surface area contributed by atoms with Gasteiger partial charge >= 0.3 is 0 Å². The van der Waals surface area contributed by atoms with Crippen LogP contribution in [0.1, 0.15) is 32.6 Å². The topological polar surface area (TPSA) is 38.5 Å². The van der Waals surface area contributed by atoms with E-state index in [0.717, 1.165) is 24.5 Å². The highest BCUT2D eigenvalue weighted by atomic mass is 16.5. The molecule has 1 aromatic rings. The van der Waals surface area contributed by atoms with Crippen LogP contribution in [0.2, 0.25) is 0 Å². The summed E-state index contributed by atoms with van der Waals surface area (Å²) in [5.74, 6) is 0.815. The van der Waals surface area contributed by atoms with Gasteiger partial charge in [0.1, 0.15) is 5.75 Å². The van der Waals surface area contributed by atoms with Crippen molar-refractivity contribution in [3.63, 3.8) is 0 Å². The molecule has 0 radical (unpaired) electrons. The van der Waals surface area contributed by atoms with Crippen LogP contribution in [-0.4, -0.2) is 19.7 Å². The van der Waals surface area contributed by atoms with Crippen LogP contribution in [0.5, 0.6) is 5.75 Å². The summed E-state index contributed by atoms with van der Waals surface area (Å²) >= 11 is 0. The molecule has 0 spiro atoms. The van der Waals surface area contributed by atoms with Crippen molar-refractivity contribution in [1.29, 1.82) is 0 Å². The minimum absolute atomic E-state index is 0.692. The van der Waals surface area contributed by atoms with Crippen molar-refractivity contribution in [2.24, 2.45) is 0 Å². The van der Waals surface area contributed by atoms with Gasteiger partial charge < -0.3 is 15.4 Å². The second kappa shape index (κ2) is 5.30. The third-order valence-corrected chi connectivity index (χ3v) is 3.49. The monoisotopic (exact) mass is 234 g/mol. The van der Waals surface area contributed by atoms with E-state index in [9.17, 15) is 0 Å². The number of nitrogens with zero attached hydrogens (tertiary/aromatic N) is 1. The molecule has 2 rings (SSSR count). The lowest BCUT2D eigenvalue weighted by atomic mass is 9.91. The number of ether oxygens (including phenoxy) is 1. The van der Waals surface area contributed by atoms with Gasteiger partial charge in [-0.25, -0.2) is 0 Å². The van der Waals surface area contributed by atoms with Crippen LogP contribution < -0.4 is 15.4 Å². The Bertz CT molecular complexity index is 374. The number of anilines is 2. The molecular weight excluding hydrogens is 212 g/mol. The number of benzene rings is 1. The molecular formula is C14H22N2O. The Hall–Kier alpha value is -1.38. The molecule has 0 aromatic heterocycles. The van der Waals surface area contributed by atoms with Gasteiger partial charge in [-0.1, -0.05) is 6.92 Å². The van der Waals surface area contributed by atoms with Crippen LogP contribution in [0.15, 0.2) is 18.2 Å². The Kier molecular flexibility index (Phi) is 3.77. The molecule has 17 heavy (non-hydrogen) atoms. The molecule has 2 N–H and O–H groups in total. The molecule has 0 aliphatic heterocycles. The maximum Gasteiger partial charge on any atom is 0.144 e. The minimum Gasteiger partial charge on any atom is -0.491 e. The Balaban J connectivity index is 2.11. The first-order chi connectivity index (χ1) is 8.22. The summed E-state index contributed by atoms with van der Waals surface area (Å²) in [6.07, 6.45) is 4.95. The fourth-order valence-corrected chi connectivity index (χ4v) is 2.06. The summed E-state index contributed by atoms with van der Waals surface area (Å²) in [5.41, 5.74) is 7.84. The molecule has 1 aliphatic carbocycles. The summed E-state index contributed by atoms with van der Waals surface area (Å²) in [4.78, 5) is 2.34. The van der Waals surface area contributed by atoms with E-state index >= 15 is 0 Å². The fourth-order valence-electron chi connectivity index (χ4n) is 2.06. The highest BCUT2D eigenvalue weighted by Crippen LogP contribution is 2.32. The maximum absolute atomic E-state index is 5.91. The van der Waals surface area contributed by atoms with E-state index in [-0.39, 0.29) is 0 Å². The molecule has 0 saturated heterocycles. The molecule has 1 saturated carbocycles. The lowest BCUT2D eigenvalue weighted by Gasteiger charge is -2.36. The van der Waals surface area contributed by atoms with E-state index in [1.165, 1.54) is 24.9 Å². The quantitative estimate of drug-likeness (QED) is 0.796. The first-order valence-electron chi connectivity index (χ1n) is 6.47. The van der Waals surface area contributed by atoms with E-state index in [1.54, 1.807) is 0 Å². The van der Waals surface area contributed by atoms with Crippen LogP contribution in [0, 0.1) is 0 Å². The van der Waals surface area contributed by atoms with Crippen molar-refractivity contribution < 1.29 is 4.74 Å². The predicted molar refractivity (Wildman–Crippen MR) is 72.7 cm³/mol. The van der Waals surface area contributed by atoms with Gasteiger partial charge in [-0.3, -0.25) is 0 Å². The predicted octanol–water partition coefficient (Wildman–Crippen LogP) is 3.05. The summed E-state index contributed by atoms with van der Waals surface area (Å²) in [7, 11) is 2.15. The fraction of sp³-hybridized carbons (Fsp3) is 0.571.